The second-order valence-corrected chi connectivity index (χ2v) is 8.75. The number of halogens is 1. The molecule has 0 saturated carbocycles. The summed E-state index contributed by atoms with van der Waals surface area (Å²) < 4.78 is 29.3. The first-order valence-corrected chi connectivity index (χ1v) is 11.5. The molecule has 0 fully saturated rings. The lowest BCUT2D eigenvalue weighted by Gasteiger charge is -2.23. The fourth-order valence-electron chi connectivity index (χ4n) is 3.33. The van der Waals surface area contributed by atoms with Crippen LogP contribution in [-0.4, -0.2) is 61.1 Å². The molecule has 1 N–H and O–H groups in total. The Bertz CT molecular complexity index is 1020. The molecular weight excluding hydrogens is 424 g/mol. The number of guanidine groups is 1. The van der Waals surface area contributed by atoms with E-state index in [1.807, 2.05) is 36.4 Å². The van der Waals surface area contributed by atoms with Gasteiger partial charge in [0.2, 0.25) is 5.96 Å². The fourth-order valence-corrected chi connectivity index (χ4v) is 4.69. The van der Waals surface area contributed by atoms with Gasteiger partial charge < -0.3 is 0 Å². The van der Waals surface area contributed by atoms with Crippen LogP contribution < -0.4 is 4.72 Å². The molecule has 0 saturated heterocycles. The van der Waals surface area contributed by atoms with Crippen molar-refractivity contribution in [2.24, 2.45) is 10.1 Å². The molecule has 3 rings (SSSR count). The Morgan fingerprint density at radius 2 is 1.83 bits per heavy atom. The summed E-state index contributed by atoms with van der Waals surface area (Å²) in [6, 6.07) is 11.3. The quantitative estimate of drug-likeness (QED) is 0.543. The number of pyridine rings is 1. The van der Waals surface area contributed by atoms with Crippen LogP contribution in [0.2, 0.25) is 5.02 Å². The van der Waals surface area contributed by atoms with E-state index >= 15 is 0 Å². The second kappa shape index (κ2) is 9.55. The molecule has 10 heteroatoms. The van der Waals surface area contributed by atoms with Gasteiger partial charge in [-0.05, 0) is 35.4 Å². The molecule has 2 heterocycles. The third-order valence-electron chi connectivity index (χ3n) is 4.88. The molecule has 1 aliphatic rings. The zero-order chi connectivity index (χ0) is 21.7. The molecule has 0 aliphatic carbocycles. The van der Waals surface area contributed by atoms with Gasteiger partial charge in [-0.25, -0.2) is 9.73 Å². The Hall–Kier alpha value is -2.49. The molecule has 8 nitrogen and oxygen atoms in total. The van der Waals surface area contributed by atoms with E-state index in [2.05, 4.69) is 14.7 Å². The second-order valence-electron chi connectivity index (χ2n) is 6.65. The van der Waals surface area contributed by atoms with Crippen molar-refractivity contribution in [3.8, 4) is 0 Å². The predicted molar refractivity (Wildman–Crippen MR) is 120 cm³/mol. The summed E-state index contributed by atoms with van der Waals surface area (Å²) in [5.74, 6) is 0.0915. The smallest absolute Gasteiger partial charge is 0.265 e. The van der Waals surface area contributed by atoms with E-state index in [0.29, 0.717) is 24.7 Å². The number of benzene rings is 1. The number of hydrogen-bond donors (Lipinski definition) is 1. The van der Waals surface area contributed by atoms with Gasteiger partial charge >= 0.3 is 10.2 Å². The topological polar surface area (TPSA) is 90.3 Å². The van der Waals surface area contributed by atoms with Crippen molar-refractivity contribution < 1.29 is 8.42 Å². The molecule has 30 heavy (non-hydrogen) atoms. The van der Waals surface area contributed by atoms with E-state index in [1.165, 1.54) is 11.4 Å². The summed E-state index contributed by atoms with van der Waals surface area (Å²) in [7, 11) is -2.19. The van der Waals surface area contributed by atoms with Gasteiger partial charge in [0.25, 0.3) is 0 Å². The molecule has 2 aromatic rings. The standard InChI is InChI=1S/C20H25ClN6O2S/c1-4-26(5-2)30(28,29)25-20(22-3)27-14-18(15-10-12-23-13-11-15)19(24-27)16-6-8-17(21)9-7-16/h6-13,18H,4-5,14H2,1-3H3,(H,22,25). The number of aromatic nitrogens is 1. The fraction of sp³-hybridized carbons (Fsp3) is 0.350. The maximum Gasteiger partial charge on any atom is 0.303 e. The molecule has 1 atom stereocenters. The number of rotatable bonds is 6. The minimum Gasteiger partial charge on any atom is -0.265 e. The summed E-state index contributed by atoms with van der Waals surface area (Å²) in [5.41, 5.74) is 2.75. The molecular formula is C20H25ClN6O2S. The van der Waals surface area contributed by atoms with Crippen LogP contribution in [-0.2, 0) is 10.2 Å². The van der Waals surface area contributed by atoms with Crippen LogP contribution in [0, 0.1) is 0 Å². The molecule has 1 aliphatic heterocycles. The summed E-state index contributed by atoms with van der Waals surface area (Å²) in [4.78, 5) is 8.25. The summed E-state index contributed by atoms with van der Waals surface area (Å²) in [6.07, 6.45) is 3.46. The van der Waals surface area contributed by atoms with E-state index in [0.717, 1.165) is 16.8 Å². The van der Waals surface area contributed by atoms with Crippen LogP contribution in [0.5, 0.6) is 0 Å². The van der Waals surface area contributed by atoms with Crippen molar-refractivity contribution in [1.29, 1.82) is 0 Å². The monoisotopic (exact) mass is 448 g/mol. The van der Waals surface area contributed by atoms with Crippen molar-refractivity contribution in [2.45, 2.75) is 19.8 Å². The van der Waals surface area contributed by atoms with Crippen LogP contribution >= 0.6 is 11.6 Å². The third kappa shape index (κ3) is 4.80. The van der Waals surface area contributed by atoms with Crippen molar-refractivity contribution in [3.05, 3.63) is 64.9 Å². The number of aliphatic imine (C=N–C) groups is 1. The lowest BCUT2D eigenvalue weighted by molar-refractivity contribution is 0.430. The largest absolute Gasteiger partial charge is 0.303 e. The highest BCUT2D eigenvalue weighted by molar-refractivity contribution is 7.87. The van der Waals surface area contributed by atoms with Gasteiger partial charge in [0.1, 0.15) is 0 Å². The van der Waals surface area contributed by atoms with Crippen LogP contribution in [0.25, 0.3) is 0 Å². The van der Waals surface area contributed by atoms with E-state index in [-0.39, 0.29) is 11.9 Å². The maximum atomic E-state index is 12.7. The Balaban J connectivity index is 1.96. The molecule has 0 radical (unpaired) electrons. The van der Waals surface area contributed by atoms with E-state index in [9.17, 15) is 8.42 Å². The molecule has 0 amide bonds. The molecule has 0 spiro atoms. The zero-order valence-corrected chi connectivity index (χ0v) is 18.7. The lowest BCUT2D eigenvalue weighted by atomic mass is 9.91. The minimum atomic E-state index is -3.73. The SMILES string of the molecule is CCN(CC)S(=O)(=O)NC(=NC)N1CC(c2ccncc2)C(c2ccc(Cl)cc2)=N1. The molecule has 1 unspecified atom stereocenters. The Morgan fingerprint density at radius 1 is 1.20 bits per heavy atom. The number of nitrogens with one attached hydrogen (secondary N) is 1. The van der Waals surface area contributed by atoms with Gasteiger partial charge in [0.15, 0.2) is 0 Å². The highest BCUT2D eigenvalue weighted by Crippen LogP contribution is 2.29. The zero-order valence-electron chi connectivity index (χ0n) is 17.2. The van der Waals surface area contributed by atoms with Crippen LogP contribution in [0.4, 0.5) is 0 Å². The summed E-state index contributed by atoms with van der Waals surface area (Å²) in [5, 5.41) is 6.95. The van der Waals surface area contributed by atoms with Crippen LogP contribution in [0.15, 0.2) is 58.9 Å². The van der Waals surface area contributed by atoms with E-state index in [1.54, 1.807) is 31.3 Å². The Morgan fingerprint density at radius 3 is 2.40 bits per heavy atom. The first-order chi connectivity index (χ1) is 14.4. The lowest BCUT2D eigenvalue weighted by Crippen LogP contribution is -2.48. The Kier molecular flexibility index (Phi) is 7.06. The summed E-state index contributed by atoms with van der Waals surface area (Å²) >= 11 is 6.04. The van der Waals surface area contributed by atoms with Gasteiger partial charge in [-0.1, -0.05) is 37.6 Å². The molecule has 1 aromatic heterocycles. The highest BCUT2D eigenvalue weighted by atomic mass is 35.5. The van der Waals surface area contributed by atoms with E-state index in [4.69, 9.17) is 16.7 Å². The van der Waals surface area contributed by atoms with Gasteiger partial charge in [0, 0.05) is 43.5 Å². The van der Waals surface area contributed by atoms with Gasteiger partial charge in [-0.2, -0.15) is 17.8 Å². The maximum absolute atomic E-state index is 12.7. The van der Waals surface area contributed by atoms with Crippen molar-refractivity contribution in [1.82, 2.24) is 19.0 Å². The first kappa shape index (κ1) is 22.2. The number of hydrazone groups is 1. The number of hydrogen-bond acceptors (Lipinski definition) is 5. The van der Waals surface area contributed by atoms with Crippen LogP contribution in [0.1, 0.15) is 30.9 Å². The third-order valence-corrected chi connectivity index (χ3v) is 6.77. The van der Waals surface area contributed by atoms with Gasteiger partial charge in [-0.15, -0.1) is 0 Å². The first-order valence-electron chi connectivity index (χ1n) is 9.66. The average Bonchev–Trinajstić information content (AvgIpc) is 3.19. The number of nitrogens with zero attached hydrogens (tertiary/aromatic N) is 5. The minimum absolute atomic E-state index is 0.0797. The molecule has 1 aromatic carbocycles. The molecule has 0 bridgehead atoms. The Labute approximate surface area is 182 Å². The average molecular weight is 449 g/mol. The van der Waals surface area contributed by atoms with Gasteiger partial charge in [-0.3, -0.25) is 9.98 Å². The normalized spacial score (nSPS) is 17.4. The van der Waals surface area contributed by atoms with Crippen molar-refractivity contribution in [3.63, 3.8) is 0 Å². The van der Waals surface area contributed by atoms with Crippen molar-refractivity contribution >= 4 is 33.5 Å². The van der Waals surface area contributed by atoms with E-state index < -0.39 is 10.2 Å². The van der Waals surface area contributed by atoms with Crippen molar-refractivity contribution in [2.75, 3.05) is 26.7 Å². The molecule has 160 valence electrons. The van der Waals surface area contributed by atoms with Gasteiger partial charge in [0.05, 0.1) is 12.3 Å². The predicted octanol–water partition coefficient (Wildman–Crippen LogP) is 2.70. The highest BCUT2D eigenvalue weighted by Gasteiger charge is 2.33. The summed E-state index contributed by atoms with van der Waals surface area (Å²) in [6.45, 7) is 4.74. The van der Waals surface area contributed by atoms with Crippen LogP contribution in [0.3, 0.4) is 0 Å².